The van der Waals surface area contributed by atoms with Crippen molar-refractivity contribution in [3.63, 3.8) is 0 Å². The van der Waals surface area contributed by atoms with Crippen LogP contribution in [0.15, 0.2) is 42.5 Å². The number of hydrogen-bond acceptors (Lipinski definition) is 2. The monoisotopic (exact) mass is 275 g/mol. The molecule has 0 spiro atoms. The number of halogens is 1. The fourth-order valence-corrected chi connectivity index (χ4v) is 1.85. The molecule has 0 aliphatic heterocycles. The van der Waals surface area contributed by atoms with Crippen molar-refractivity contribution < 1.29 is 4.79 Å². The predicted molar refractivity (Wildman–Crippen MR) is 79.7 cm³/mol. The second kappa shape index (κ2) is 5.63. The zero-order valence-electron chi connectivity index (χ0n) is 10.4. The summed E-state index contributed by atoms with van der Waals surface area (Å²) in [5, 5.41) is 5.89. The third kappa shape index (κ3) is 3.63. The van der Waals surface area contributed by atoms with Crippen LogP contribution in [-0.2, 0) is 0 Å². The van der Waals surface area contributed by atoms with Crippen molar-refractivity contribution in [1.82, 2.24) is 0 Å². The van der Waals surface area contributed by atoms with Crippen molar-refractivity contribution >= 4 is 34.7 Å². The molecule has 0 atom stereocenters. The highest BCUT2D eigenvalue weighted by atomic mass is 35.5. The van der Waals surface area contributed by atoms with Crippen LogP contribution in [0.25, 0.3) is 0 Å². The lowest BCUT2D eigenvalue weighted by Crippen LogP contribution is -2.19. The van der Waals surface area contributed by atoms with Crippen LogP contribution >= 0.6 is 11.6 Å². The van der Waals surface area contributed by atoms with Crippen LogP contribution in [0, 0.1) is 6.92 Å². The van der Waals surface area contributed by atoms with Crippen molar-refractivity contribution in [2.45, 2.75) is 6.92 Å². The first kappa shape index (κ1) is 13.2. The average Bonchev–Trinajstić information content (AvgIpc) is 2.36. The van der Waals surface area contributed by atoms with E-state index in [1.54, 1.807) is 36.4 Å². The number of amides is 2. The molecule has 2 amide bonds. The Morgan fingerprint density at radius 2 is 1.79 bits per heavy atom. The van der Waals surface area contributed by atoms with E-state index >= 15 is 0 Å². The Bertz CT molecular complexity index is 596. The van der Waals surface area contributed by atoms with Crippen LogP contribution in [0.2, 0.25) is 5.02 Å². The molecule has 0 aromatic heterocycles. The van der Waals surface area contributed by atoms with Crippen LogP contribution in [0.3, 0.4) is 0 Å². The van der Waals surface area contributed by atoms with E-state index in [0.29, 0.717) is 22.1 Å². The smallest absolute Gasteiger partial charge is 0.323 e. The van der Waals surface area contributed by atoms with E-state index < -0.39 is 0 Å². The van der Waals surface area contributed by atoms with Gasteiger partial charge in [0.25, 0.3) is 0 Å². The SMILES string of the molecule is Cc1ccc(NC(=O)Nc2ccc(N)cc2)c(Cl)c1. The highest BCUT2D eigenvalue weighted by Gasteiger charge is 2.05. The predicted octanol–water partition coefficient (Wildman–Crippen LogP) is 3.87. The number of carbonyl (C=O) groups excluding carboxylic acids is 1. The van der Waals surface area contributed by atoms with Gasteiger partial charge in [-0.1, -0.05) is 17.7 Å². The molecule has 0 fully saturated rings. The lowest BCUT2D eigenvalue weighted by Gasteiger charge is -2.09. The van der Waals surface area contributed by atoms with Crippen LogP contribution in [0.5, 0.6) is 0 Å². The minimum Gasteiger partial charge on any atom is -0.399 e. The van der Waals surface area contributed by atoms with E-state index in [2.05, 4.69) is 10.6 Å². The summed E-state index contributed by atoms with van der Waals surface area (Å²) >= 11 is 6.04. The van der Waals surface area contributed by atoms with E-state index in [-0.39, 0.29) is 6.03 Å². The molecule has 0 saturated heterocycles. The first-order valence-electron chi connectivity index (χ1n) is 5.74. The number of hydrogen-bond donors (Lipinski definition) is 3. The van der Waals surface area contributed by atoms with Gasteiger partial charge in [-0.15, -0.1) is 0 Å². The van der Waals surface area contributed by atoms with E-state index in [0.717, 1.165) is 5.56 Å². The van der Waals surface area contributed by atoms with Gasteiger partial charge in [-0.3, -0.25) is 0 Å². The van der Waals surface area contributed by atoms with E-state index in [1.165, 1.54) is 0 Å². The van der Waals surface area contributed by atoms with Gasteiger partial charge in [0, 0.05) is 11.4 Å². The number of rotatable bonds is 2. The molecule has 0 saturated carbocycles. The van der Waals surface area contributed by atoms with Crippen LogP contribution in [-0.4, -0.2) is 6.03 Å². The number of carbonyl (C=O) groups is 1. The van der Waals surface area contributed by atoms with Crippen molar-refractivity contribution in [3.8, 4) is 0 Å². The number of anilines is 3. The average molecular weight is 276 g/mol. The number of nitrogens with one attached hydrogen (secondary N) is 2. The van der Waals surface area contributed by atoms with Gasteiger partial charge in [0.1, 0.15) is 0 Å². The summed E-state index contributed by atoms with van der Waals surface area (Å²) in [6, 6.07) is 12.0. The summed E-state index contributed by atoms with van der Waals surface area (Å²) in [7, 11) is 0. The van der Waals surface area contributed by atoms with Gasteiger partial charge in [0.2, 0.25) is 0 Å². The van der Waals surface area contributed by atoms with Gasteiger partial charge in [0.05, 0.1) is 10.7 Å². The van der Waals surface area contributed by atoms with Crippen LogP contribution < -0.4 is 16.4 Å². The third-order valence-electron chi connectivity index (χ3n) is 2.54. The highest BCUT2D eigenvalue weighted by Crippen LogP contribution is 2.22. The minimum absolute atomic E-state index is 0.351. The van der Waals surface area contributed by atoms with Crippen molar-refractivity contribution in [1.29, 1.82) is 0 Å². The highest BCUT2D eigenvalue weighted by molar-refractivity contribution is 6.33. The number of nitrogen functional groups attached to an aromatic ring is 1. The molecule has 4 nitrogen and oxygen atoms in total. The molecule has 0 bridgehead atoms. The standard InChI is InChI=1S/C14H14ClN3O/c1-9-2-7-13(12(15)8-9)18-14(19)17-11-5-3-10(16)4-6-11/h2-8H,16H2,1H3,(H2,17,18,19). The molecule has 2 aromatic carbocycles. The quantitative estimate of drug-likeness (QED) is 0.728. The van der Waals surface area contributed by atoms with Crippen LogP contribution in [0.4, 0.5) is 21.9 Å². The maximum atomic E-state index is 11.8. The summed E-state index contributed by atoms with van der Waals surface area (Å²) in [6.07, 6.45) is 0. The number of aryl methyl sites for hydroxylation is 1. The summed E-state index contributed by atoms with van der Waals surface area (Å²) in [5.74, 6) is 0. The Labute approximate surface area is 116 Å². The van der Waals surface area contributed by atoms with Gasteiger partial charge in [-0.25, -0.2) is 4.79 Å². The molecule has 98 valence electrons. The Balaban J connectivity index is 2.03. The number of nitrogens with two attached hydrogens (primary N) is 1. The van der Waals surface area contributed by atoms with Gasteiger partial charge >= 0.3 is 6.03 Å². The number of benzene rings is 2. The lowest BCUT2D eigenvalue weighted by molar-refractivity contribution is 0.262. The molecule has 0 unspecified atom stereocenters. The summed E-state index contributed by atoms with van der Waals surface area (Å²) < 4.78 is 0. The number of urea groups is 1. The molecule has 0 aliphatic rings. The van der Waals surface area contributed by atoms with Gasteiger partial charge in [-0.05, 0) is 48.9 Å². The zero-order chi connectivity index (χ0) is 13.8. The Morgan fingerprint density at radius 3 is 2.42 bits per heavy atom. The molecule has 0 aliphatic carbocycles. The van der Waals surface area contributed by atoms with Gasteiger partial charge in [0.15, 0.2) is 0 Å². The molecule has 5 heteroatoms. The van der Waals surface area contributed by atoms with E-state index in [1.807, 2.05) is 13.0 Å². The molecule has 2 rings (SSSR count). The molecule has 2 aromatic rings. The molecule has 0 radical (unpaired) electrons. The Morgan fingerprint density at radius 1 is 1.11 bits per heavy atom. The van der Waals surface area contributed by atoms with Crippen molar-refractivity contribution in [2.24, 2.45) is 0 Å². The minimum atomic E-state index is -0.351. The first-order chi connectivity index (χ1) is 9.04. The van der Waals surface area contributed by atoms with Gasteiger partial charge < -0.3 is 16.4 Å². The normalized spacial score (nSPS) is 10.0. The Hall–Kier alpha value is -2.20. The topological polar surface area (TPSA) is 67.2 Å². The molecule has 0 heterocycles. The van der Waals surface area contributed by atoms with Crippen LogP contribution in [0.1, 0.15) is 5.56 Å². The Kier molecular flexibility index (Phi) is 3.92. The fourth-order valence-electron chi connectivity index (χ4n) is 1.57. The maximum Gasteiger partial charge on any atom is 0.323 e. The lowest BCUT2D eigenvalue weighted by atomic mass is 10.2. The maximum absolute atomic E-state index is 11.8. The van der Waals surface area contributed by atoms with Gasteiger partial charge in [-0.2, -0.15) is 0 Å². The van der Waals surface area contributed by atoms with Crippen molar-refractivity contribution in [3.05, 3.63) is 53.1 Å². The largest absolute Gasteiger partial charge is 0.399 e. The first-order valence-corrected chi connectivity index (χ1v) is 6.12. The van der Waals surface area contributed by atoms with E-state index in [4.69, 9.17) is 17.3 Å². The fraction of sp³-hybridized carbons (Fsp3) is 0.0714. The second-order valence-electron chi connectivity index (χ2n) is 4.18. The molecule has 4 N–H and O–H groups in total. The summed E-state index contributed by atoms with van der Waals surface area (Å²) in [4.78, 5) is 11.8. The molecular weight excluding hydrogens is 262 g/mol. The molecular formula is C14H14ClN3O. The second-order valence-corrected chi connectivity index (χ2v) is 4.59. The summed E-state index contributed by atoms with van der Waals surface area (Å²) in [6.45, 7) is 1.93. The third-order valence-corrected chi connectivity index (χ3v) is 2.85. The summed E-state index contributed by atoms with van der Waals surface area (Å²) in [5.41, 5.74) is 8.48. The van der Waals surface area contributed by atoms with E-state index in [9.17, 15) is 4.79 Å². The van der Waals surface area contributed by atoms with Crippen molar-refractivity contribution in [2.75, 3.05) is 16.4 Å². The zero-order valence-corrected chi connectivity index (χ0v) is 11.2. The molecule has 19 heavy (non-hydrogen) atoms.